The van der Waals surface area contributed by atoms with Gasteiger partial charge in [-0.25, -0.2) is 0 Å². The molecule has 1 atom stereocenters. The Balaban J connectivity index is 2.09. The largest absolute Gasteiger partial charge is 0.346 e. The van der Waals surface area contributed by atoms with Crippen LogP contribution >= 0.6 is 0 Å². The molecule has 0 aliphatic rings. The smallest absolute Gasteiger partial charge is 0.234 e. The van der Waals surface area contributed by atoms with Gasteiger partial charge < -0.3 is 5.32 Å². The molecule has 4 heteroatoms. The van der Waals surface area contributed by atoms with Gasteiger partial charge in [-0.15, -0.1) is 0 Å². The molecule has 4 nitrogen and oxygen atoms in total. The van der Waals surface area contributed by atoms with E-state index in [0.717, 1.165) is 25.2 Å². The molecule has 2 aromatic rings. The second kappa shape index (κ2) is 9.06. The summed E-state index contributed by atoms with van der Waals surface area (Å²) >= 11 is 0. The van der Waals surface area contributed by atoms with E-state index in [-0.39, 0.29) is 11.9 Å². The molecule has 1 N–H and O–H groups in total. The number of benzene rings is 1. The topological polar surface area (TPSA) is 45.2 Å². The first kappa shape index (κ1) is 17.2. The number of rotatable bonds is 8. The predicted octanol–water partition coefficient (Wildman–Crippen LogP) is 2.82. The highest BCUT2D eigenvalue weighted by Crippen LogP contribution is 2.16. The van der Waals surface area contributed by atoms with Crippen LogP contribution in [-0.2, 0) is 11.2 Å². The standard InChI is InChI=1S/C19H25N3O/c1-3-22(4-2)15-19(23)21-18(17-12-8-9-13-20-17)14-16-10-6-5-7-11-16/h5-13,18H,3-4,14-15H2,1-2H3,(H,21,23). The maximum absolute atomic E-state index is 12.4. The number of hydrogen-bond donors (Lipinski definition) is 1. The normalized spacial score (nSPS) is 12.1. The summed E-state index contributed by atoms with van der Waals surface area (Å²) in [5.41, 5.74) is 2.08. The molecule has 1 aromatic heterocycles. The second-order valence-electron chi connectivity index (χ2n) is 5.53. The summed E-state index contributed by atoms with van der Waals surface area (Å²) in [6.45, 7) is 6.30. The van der Waals surface area contributed by atoms with E-state index < -0.39 is 0 Å². The van der Waals surface area contributed by atoms with Crippen molar-refractivity contribution < 1.29 is 4.79 Å². The summed E-state index contributed by atoms with van der Waals surface area (Å²) in [6, 6.07) is 15.9. The first-order valence-electron chi connectivity index (χ1n) is 8.19. The Morgan fingerprint density at radius 2 is 1.78 bits per heavy atom. The zero-order chi connectivity index (χ0) is 16.5. The lowest BCUT2D eigenvalue weighted by atomic mass is 10.0. The first-order valence-corrected chi connectivity index (χ1v) is 8.19. The van der Waals surface area contributed by atoms with Gasteiger partial charge in [0.15, 0.2) is 0 Å². The fourth-order valence-electron chi connectivity index (χ4n) is 2.55. The van der Waals surface area contributed by atoms with Crippen LogP contribution < -0.4 is 5.32 Å². The van der Waals surface area contributed by atoms with Crippen LogP contribution in [0.1, 0.15) is 31.1 Å². The van der Waals surface area contributed by atoms with Gasteiger partial charge in [-0.05, 0) is 37.2 Å². The zero-order valence-electron chi connectivity index (χ0n) is 13.9. The van der Waals surface area contributed by atoms with Crippen molar-refractivity contribution in [2.75, 3.05) is 19.6 Å². The van der Waals surface area contributed by atoms with Crippen LogP contribution in [0.25, 0.3) is 0 Å². The van der Waals surface area contributed by atoms with Crippen molar-refractivity contribution in [3.8, 4) is 0 Å². The van der Waals surface area contributed by atoms with Crippen molar-refractivity contribution in [1.29, 1.82) is 0 Å². The average molecular weight is 311 g/mol. The number of nitrogens with zero attached hydrogens (tertiary/aromatic N) is 2. The number of carbonyl (C=O) groups is 1. The van der Waals surface area contributed by atoms with Crippen LogP contribution in [0.2, 0.25) is 0 Å². The highest BCUT2D eigenvalue weighted by molar-refractivity contribution is 5.78. The van der Waals surface area contributed by atoms with Gasteiger partial charge in [0.05, 0.1) is 18.3 Å². The van der Waals surface area contributed by atoms with Crippen molar-refractivity contribution in [2.45, 2.75) is 26.3 Å². The van der Waals surface area contributed by atoms with E-state index in [0.29, 0.717) is 6.54 Å². The van der Waals surface area contributed by atoms with Crippen LogP contribution in [0.3, 0.4) is 0 Å². The van der Waals surface area contributed by atoms with Crippen molar-refractivity contribution in [3.05, 3.63) is 66.0 Å². The molecule has 0 aliphatic carbocycles. The summed E-state index contributed by atoms with van der Waals surface area (Å²) in [7, 11) is 0. The summed E-state index contributed by atoms with van der Waals surface area (Å²) in [5.74, 6) is 0.0419. The fourth-order valence-corrected chi connectivity index (χ4v) is 2.55. The summed E-state index contributed by atoms with van der Waals surface area (Å²) in [4.78, 5) is 18.9. The molecule has 0 saturated heterocycles. The molecule has 0 saturated carbocycles. The van der Waals surface area contributed by atoms with Crippen molar-refractivity contribution >= 4 is 5.91 Å². The van der Waals surface area contributed by atoms with Crippen LogP contribution in [0.15, 0.2) is 54.7 Å². The molecular formula is C19H25N3O. The molecule has 1 unspecified atom stereocenters. The number of nitrogens with one attached hydrogen (secondary N) is 1. The number of likely N-dealkylation sites (N-methyl/N-ethyl adjacent to an activating group) is 1. The lowest BCUT2D eigenvalue weighted by Gasteiger charge is -2.22. The van der Waals surface area contributed by atoms with Crippen LogP contribution in [0, 0.1) is 0 Å². The van der Waals surface area contributed by atoms with Crippen molar-refractivity contribution in [2.24, 2.45) is 0 Å². The maximum Gasteiger partial charge on any atom is 0.234 e. The molecule has 1 aromatic carbocycles. The van der Waals surface area contributed by atoms with Gasteiger partial charge in [0.25, 0.3) is 0 Å². The summed E-state index contributed by atoms with van der Waals surface area (Å²) in [5, 5.41) is 3.14. The number of carbonyl (C=O) groups excluding carboxylic acids is 1. The minimum Gasteiger partial charge on any atom is -0.346 e. The second-order valence-corrected chi connectivity index (χ2v) is 5.53. The van der Waals surface area contributed by atoms with E-state index in [2.05, 4.69) is 41.2 Å². The summed E-state index contributed by atoms with van der Waals surface area (Å²) < 4.78 is 0. The van der Waals surface area contributed by atoms with Crippen LogP contribution in [-0.4, -0.2) is 35.4 Å². The van der Waals surface area contributed by atoms with Crippen LogP contribution in [0.5, 0.6) is 0 Å². The first-order chi connectivity index (χ1) is 11.2. The fraction of sp³-hybridized carbons (Fsp3) is 0.368. The monoisotopic (exact) mass is 311 g/mol. The van der Waals surface area contributed by atoms with Gasteiger partial charge in [0.1, 0.15) is 0 Å². The van der Waals surface area contributed by atoms with Crippen molar-refractivity contribution in [3.63, 3.8) is 0 Å². The van der Waals surface area contributed by atoms with Crippen molar-refractivity contribution in [1.82, 2.24) is 15.2 Å². The van der Waals surface area contributed by atoms with Gasteiger partial charge >= 0.3 is 0 Å². The molecule has 0 fully saturated rings. The molecule has 122 valence electrons. The molecule has 0 radical (unpaired) electrons. The highest BCUT2D eigenvalue weighted by atomic mass is 16.2. The Morgan fingerprint density at radius 1 is 1.09 bits per heavy atom. The zero-order valence-corrected chi connectivity index (χ0v) is 13.9. The van der Waals surface area contributed by atoms with E-state index in [1.807, 2.05) is 36.4 Å². The number of pyridine rings is 1. The molecule has 1 heterocycles. The minimum atomic E-state index is -0.110. The summed E-state index contributed by atoms with van der Waals surface area (Å²) in [6.07, 6.45) is 2.51. The minimum absolute atomic E-state index is 0.0419. The average Bonchev–Trinajstić information content (AvgIpc) is 2.60. The van der Waals surface area contributed by atoms with Crippen LogP contribution in [0.4, 0.5) is 0 Å². The third-order valence-corrected chi connectivity index (χ3v) is 3.92. The maximum atomic E-state index is 12.4. The Bertz CT molecular complexity index is 582. The van der Waals surface area contributed by atoms with E-state index in [4.69, 9.17) is 0 Å². The lowest BCUT2D eigenvalue weighted by Crippen LogP contribution is -2.39. The number of aromatic nitrogens is 1. The van der Waals surface area contributed by atoms with Gasteiger partial charge in [-0.2, -0.15) is 0 Å². The molecule has 23 heavy (non-hydrogen) atoms. The Labute approximate surface area is 138 Å². The van der Waals surface area contributed by atoms with Gasteiger partial charge in [-0.3, -0.25) is 14.7 Å². The van der Waals surface area contributed by atoms with E-state index >= 15 is 0 Å². The highest BCUT2D eigenvalue weighted by Gasteiger charge is 2.17. The Morgan fingerprint density at radius 3 is 2.39 bits per heavy atom. The number of amides is 1. The van der Waals surface area contributed by atoms with Gasteiger partial charge in [0.2, 0.25) is 5.91 Å². The lowest BCUT2D eigenvalue weighted by molar-refractivity contribution is -0.123. The van der Waals surface area contributed by atoms with Gasteiger partial charge in [-0.1, -0.05) is 50.2 Å². The van der Waals surface area contributed by atoms with E-state index in [9.17, 15) is 4.79 Å². The molecule has 0 spiro atoms. The quantitative estimate of drug-likeness (QED) is 0.815. The molecular weight excluding hydrogens is 286 g/mol. The Hall–Kier alpha value is -2.20. The third-order valence-electron chi connectivity index (χ3n) is 3.92. The third kappa shape index (κ3) is 5.49. The molecule has 0 bridgehead atoms. The Kier molecular flexibility index (Phi) is 6.76. The van der Waals surface area contributed by atoms with E-state index in [1.165, 1.54) is 5.56 Å². The SMILES string of the molecule is CCN(CC)CC(=O)NC(Cc1ccccc1)c1ccccn1. The molecule has 1 amide bonds. The van der Waals surface area contributed by atoms with Gasteiger partial charge in [0, 0.05) is 6.20 Å². The molecule has 2 rings (SSSR count). The predicted molar refractivity (Wildman–Crippen MR) is 93.1 cm³/mol. The number of hydrogen-bond acceptors (Lipinski definition) is 3. The molecule has 0 aliphatic heterocycles. The van der Waals surface area contributed by atoms with E-state index in [1.54, 1.807) is 6.20 Å².